The van der Waals surface area contributed by atoms with E-state index in [2.05, 4.69) is 41.1 Å². The Labute approximate surface area is 193 Å². The van der Waals surface area contributed by atoms with Gasteiger partial charge in [-0.15, -0.1) is 0 Å². The van der Waals surface area contributed by atoms with Gasteiger partial charge >= 0.3 is 0 Å². The summed E-state index contributed by atoms with van der Waals surface area (Å²) in [7, 11) is 0. The van der Waals surface area contributed by atoms with Gasteiger partial charge in [-0.05, 0) is 82.4 Å². The first-order valence-electron chi connectivity index (χ1n) is 12.2. The van der Waals surface area contributed by atoms with Gasteiger partial charge < -0.3 is 20.7 Å². The molecule has 2 fully saturated rings. The summed E-state index contributed by atoms with van der Waals surface area (Å²) in [6.45, 7) is 6.99. The lowest BCUT2D eigenvalue weighted by molar-refractivity contribution is 0.0929. The van der Waals surface area contributed by atoms with Gasteiger partial charge in [0.1, 0.15) is 5.75 Å². The molecule has 0 aromatic heterocycles. The minimum Gasteiger partial charge on any atom is -0.494 e. The van der Waals surface area contributed by atoms with Crippen LogP contribution in [0.1, 0.15) is 74.3 Å². The van der Waals surface area contributed by atoms with Crippen LogP contribution < -0.4 is 20.7 Å². The number of amides is 1. The molecule has 1 aliphatic carbocycles. The van der Waals surface area contributed by atoms with Gasteiger partial charge in [0.05, 0.1) is 6.61 Å². The minimum atomic E-state index is 0.0440. The van der Waals surface area contributed by atoms with Crippen molar-refractivity contribution in [3.63, 3.8) is 0 Å². The van der Waals surface area contributed by atoms with Gasteiger partial charge in [-0.25, -0.2) is 0 Å². The molecule has 1 heterocycles. The molecule has 1 saturated heterocycles. The Morgan fingerprint density at radius 2 is 1.72 bits per heavy atom. The van der Waals surface area contributed by atoms with Crippen molar-refractivity contribution in [2.45, 2.75) is 70.5 Å². The van der Waals surface area contributed by atoms with Crippen molar-refractivity contribution >= 4 is 5.91 Å². The summed E-state index contributed by atoms with van der Waals surface area (Å²) in [6.07, 6.45) is 7.47. The molecule has 2 aliphatic rings. The van der Waals surface area contributed by atoms with Crippen molar-refractivity contribution in [3.8, 4) is 5.75 Å². The number of nitrogens with one attached hydrogen (secondary N) is 3. The molecule has 1 aliphatic heterocycles. The highest BCUT2D eigenvalue weighted by Gasteiger charge is 2.18. The van der Waals surface area contributed by atoms with Gasteiger partial charge in [0.2, 0.25) is 0 Å². The first-order chi connectivity index (χ1) is 15.7. The number of rotatable bonds is 7. The van der Waals surface area contributed by atoms with Crippen molar-refractivity contribution in [1.82, 2.24) is 16.0 Å². The lowest BCUT2D eigenvalue weighted by atomic mass is 10.1. The summed E-state index contributed by atoms with van der Waals surface area (Å²) >= 11 is 0. The van der Waals surface area contributed by atoms with Crippen LogP contribution in [0.3, 0.4) is 0 Å². The number of benzene rings is 2. The number of carbonyl (C=O) groups excluding carboxylic acids is 1. The molecule has 32 heavy (non-hydrogen) atoms. The van der Waals surface area contributed by atoms with Crippen LogP contribution in [0.15, 0.2) is 54.6 Å². The van der Waals surface area contributed by atoms with Crippen LogP contribution in [-0.4, -0.2) is 37.7 Å². The van der Waals surface area contributed by atoms with E-state index in [0.717, 1.165) is 43.9 Å². The molecule has 1 saturated carbocycles. The molecule has 3 N–H and O–H groups in total. The molecule has 1 unspecified atom stereocenters. The van der Waals surface area contributed by atoms with Crippen molar-refractivity contribution in [3.05, 3.63) is 65.7 Å². The Balaban J connectivity index is 0.000000182. The van der Waals surface area contributed by atoms with Crippen LogP contribution in [0.4, 0.5) is 0 Å². The lowest BCUT2D eigenvalue weighted by Gasteiger charge is -2.23. The van der Waals surface area contributed by atoms with E-state index in [1.54, 1.807) is 0 Å². The average Bonchev–Trinajstić information content (AvgIpc) is 3.34. The van der Waals surface area contributed by atoms with Crippen molar-refractivity contribution in [2.24, 2.45) is 0 Å². The summed E-state index contributed by atoms with van der Waals surface area (Å²) in [5.41, 5.74) is 2.07. The van der Waals surface area contributed by atoms with Crippen LogP contribution >= 0.6 is 0 Å². The summed E-state index contributed by atoms with van der Waals surface area (Å²) in [5.74, 6) is 1.02. The maximum Gasteiger partial charge on any atom is 0.251 e. The molecule has 174 valence electrons. The average molecular weight is 438 g/mol. The largest absolute Gasteiger partial charge is 0.494 e. The zero-order valence-corrected chi connectivity index (χ0v) is 19.6. The van der Waals surface area contributed by atoms with Gasteiger partial charge in [0.15, 0.2) is 0 Å². The fraction of sp³-hybridized carbons (Fsp3) is 0.519. The monoisotopic (exact) mass is 437 g/mol. The summed E-state index contributed by atoms with van der Waals surface area (Å²) < 4.78 is 5.54. The Bertz CT molecular complexity index is 800. The SMILES string of the molecule is CCOc1cccc(C(C)NC2CCCC2)c1.O=C(NC1CCNCC1)c1ccccc1. The van der Waals surface area contributed by atoms with Crippen LogP contribution in [0.5, 0.6) is 5.75 Å². The molecule has 2 aromatic carbocycles. The molecule has 5 nitrogen and oxygen atoms in total. The second-order valence-corrected chi connectivity index (χ2v) is 8.74. The molecule has 0 bridgehead atoms. The van der Waals surface area contributed by atoms with Crippen molar-refractivity contribution < 1.29 is 9.53 Å². The number of hydrogen-bond donors (Lipinski definition) is 3. The van der Waals surface area contributed by atoms with E-state index < -0.39 is 0 Å². The van der Waals surface area contributed by atoms with Gasteiger partial charge in [-0.1, -0.05) is 43.2 Å². The minimum absolute atomic E-state index is 0.0440. The number of carbonyl (C=O) groups is 1. The molecular weight excluding hydrogens is 398 g/mol. The fourth-order valence-electron chi connectivity index (χ4n) is 4.41. The lowest BCUT2D eigenvalue weighted by Crippen LogP contribution is -2.42. The van der Waals surface area contributed by atoms with Gasteiger partial charge in [-0.3, -0.25) is 4.79 Å². The molecule has 0 spiro atoms. The smallest absolute Gasteiger partial charge is 0.251 e. The maximum atomic E-state index is 11.8. The highest BCUT2D eigenvalue weighted by molar-refractivity contribution is 5.94. The van der Waals surface area contributed by atoms with Crippen LogP contribution in [0, 0.1) is 0 Å². The number of ether oxygens (including phenoxy) is 1. The Hall–Kier alpha value is -2.37. The first kappa shape index (κ1) is 24.3. The van der Waals surface area contributed by atoms with Crippen LogP contribution in [-0.2, 0) is 0 Å². The molecule has 5 heteroatoms. The first-order valence-corrected chi connectivity index (χ1v) is 12.2. The van der Waals surface area contributed by atoms with Crippen molar-refractivity contribution in [1.29, 1.82) is 0 Å². The number of piperidine rings is 1. The molecule has 2 aromatic rings. The summed E-state index contributed by atoms with van der Waals surface area (Å²) in [6, 6.07) is 19.3. The summed E-state index contributed by atoms with van der Waals surface area (Å²) in [4.78, 5) is 11.8. The van der Waals surface area contributed by atoms with E-state index in [1.165, 1.54) is 31.2 Å². The third-order valence-electron chi connectivity index (χ3n) is 6.22. The second-order valence-electron chi connectivity index (χ2n) is 8.74. The number of hydrogen-bond acceptors (Lipinski definition) is 4. The van der Waals surface area contributed by atoms with E-state index in [1.807, 2.05) is 43.3 Å². The molecule has 1 atom stereocenters. The molecule has 0 radical (unpaired) electrons. The summed E-state index contributed by atoms with van der Waals surface area (Å²) in [5, 5.41) is 10.0. The molecule has 4 rings (SSSR count). The molecular formula is C27H39N3O2. The van der Waals surface area contributed by atoms with Crippen LogP contribution in [0.25, 0.3) is 0 Å². The van der Waals surface area contributed by atoms with E-state index in [9.17, 15) is 4.79 Å². The Kier molecular flexibility index (Phi) is 10.0. The highest BCUT2D eigenvalue weighted by Crippen LogP contribution is 2.24. The van der Waals surface area contributed by atoms with E-state index in [4.69, 9.17) is 4.74 Å². The van der Waals surface area contributed by atoms with E-state index in [-0.39, 0.29) is 5.91 Å². The van der Waals surface area contributed by atoms with Gasteiger partial charge in [-0.2, -0.15) is 0 Å². The predicted octanol–water partition coefficient (Wildman–Crippen LogP) is 4.85. The van der Waals surface area contributed by atoms with Gasteiger partial charge in [0, 0.05) is 23.7 Å². The normalized spacial score (nSPS) is 17.8. The second kappa shape index (κ2) is 13.2. The maximum absolute atomic E-state index is 11.8. The van der Waals surface area contributed by atoms with Crippen molar-refractivity contribution in [2.75, 3.05) is 19.7 Å². The predicted molar refractivity (Wildman–Crippen MR) is 131 cm³/mol. The van der Waals surface area contributed by atoms with E-state index in [0.29, 0.717) is 18.1 Å². The quantitative estimate of drug-likeness (QED) is 0.580. The van der Waals surface area contributed by atoms with Crippen LogP contribution in [0.2, 0.25) is 0 Å². The highest BCUT2D eigenvalue weighted by atomic mass is 16.5. The van der Waals surface area contributed by atoms with Gasteiger partial charge in [0.25, 0.3) is 5.91 Å². The molecule has 1 amide bonds. The topological polar surface area (TPSA) is 62.4 Å². The third kappa shape index (κ3) is 7.95. The van der Waals surface area contributed by atoms with E-state index >= 15 is 0 Å². The Morgan fingerprint density at radius 3 is 2.41 bits per heavy atom. The zero-order chi connectivity index (χ0) is 22.6. The Morgan fingerprint density at radius 1 is 1.00 bits per heavy atom. The zero-order valence-electron chi connectivity index (χ0n) is 19.6. The fourth-order valence-corrected chi connectivity index (χ4v) is 4.41. The standard InChI is InChI=1S/C15H23NO.C12H16N2O/c1-3-17-15-10-6-7-13(11-15)12(2)16-14-8-4-5-9-14;15-12(10-4-2-1-3-5-10)14-11-6-8-13-9-7-11/h6-7,10-12,14,16H,3-5,8-9H2,1-2H3;1-5,11,13H,6-9H2,(H,14,15). The third-order valence-corrected chi connectivity index (χ3v) is 6.22.